The first-order chi connectivity index (χ1) is 13.7. The Hall–Kier alpha value is -3.36. The number of hydrogen-bond acceptors (Lipinski definition) is 3. The first kappa shape index (κ1) is 20.4. The molecule has 3 rings (SSSR count). The van der Waals surface area contributed by atoms with Crippen LogP contribution in [0, 0.1) is 0 Å². The van der Waals surface area contributed by atoms with Crippen LogP contribution in [0.4, 0.5) is 13.2 Å². The average molecular weight is 405 g/mol. The van der Waals surface area contributed by atoms with Crippen LogP contribution < -0.4 is 5.32 Å². The van der Waals surface area contributed by atoms with Crippen LogP contribution in [0.3, 0.4) is 0 Å². The molecule has 1 heterocycles. The molecule has 0 bridgehead atoms. The number of carboxylic acids is 1. The van der Waals surface area contributed by atoms with E-state index in [2.05, 4.69) is 10.3 Å². The van der Waals surface area contributed by atoms with E-state index in [4.69, 9.17) is 0 Å². The molecule has 0 atom stereocenters. The van der Waals surface area contributed by atoms with Gasteiger partial charge in [0.1, 0.15) is 5.82 Å². The van der Waals surface area contributed by atoms with Gasteiger partial charge in [-0.2, -0.15) is 13.2 Å². The van der Waals surface area contributed by atoms with E-state index in [-0.39, 0.29) is 31.0 Å². The lowest BCUT2D eigenvalue weighted by Crippen LogP contribution is -2.23. The summed E-state index contributed by atoms with van der Waals surface area (Å²) < 4.78 is 40.7. The van der Waals surface area contributed by atoms with Gasteiger partial charge in [-0.3, -0.25) is 4.79 Å². The summed E-state index contributed by atoms with van der Waals surface area (Å²) in [4.78, 5) is 27.2. The normalized spacial score (nSPS) is 11.6. The van der Waals surface area contributed by atoms with Crippen molar-refractivity contribution in [1.29, 1.82) is 0 Å². The van der Waals surface area contributed by atoms with Crippen LogP contribution in [0.25, 0.3) is 11.0 Å². The Balaban J connectivity index is 2.04. The number of amides is 1. The van der Waals surface area contributed by atoms with E-state index in [9.17, 15) is 27.9 Å². The minimum atomic E-state index is -4.46. The summed E-state index contributed by atoms with van der Waals surface area (Å²) in [5.74, 6) is -0.893. The molecule has 0 aliphatic carbocycles. The first-order valence-corrected chi connectivity index (χ1v) is 8.84. The minimum absolute atomic E-state index is 0.0466. The zero-order valence-corrected chi connectivity index (χ0v) is 15.5. The van der Waals surface area contributed by atoms with E-state index in [0.29, 0.717) is 22.4 Å². The molecule has 0 aliphatic heterocycles. The van der Waals surface area contributed by atoms with Crippen LogP contribution in [-0.4, -0.2) is 26.5 Å². The third-order valence-electron chi connectivity index (χ3n) is 4.43. The second-order valence-corrected chi connectivity index (χ2v) is 6.45. The molecule has 9 heteroatoms. The van der Waals surface area contributed by atoms with Crippen molar-refractivity contribution in [3.8, 4) is 0 Å². The number of carbonyl (C=O) groups excluding carboxylic acids is 1. The molecule has 2 N–H and O–H groups in total. The Kier molecular flexibility index (Phi) is 5.58. The van der Waals surface area contributed by atoms with Crippen molar-refractivity contribution < 1.29 is 27.9 Å². The predicted molar refractivity (Wildman–Crippen MR) is 99.4 cm³/mol. The van der Waals surface area contributed by atoms with Gasteiger partial charge in [0.05, 0.1) is 28.7 Å². The third-order valence-corrected chi connectivity index (χ3v) is 4.43. The summed E-state index contributed by atoms with van der Waals surface area (Å²) in [6, 6.07) is 9.32. The minimum Gasteiger partial charge on any atom is -0.478 e. The van der Waals surface area contributed by atoms with E-state index in [1.807, 2.05) is 0 Å². The van der Waals surface area contributed by atoms with Crippen LogP contribution in [0.5, 0.6) is 0 Å². The standard InChI is InChI=1S/C20H18F3N3O3/c1-2-18(27)24-10-17-25-15-9-13(19(28)29)6-7-16(15)26(17)11-12-4-3-5-14(8-12)20(21,22)23/h3-9H,2,10-11H2,1H3,(H,24,27)(H,28,29). The summed E-state index contributed by atoms with van der Waals surface area (Å²) in [6.45, 7) is 1.85. The highest BCUT2D eigenvalue weighted by atomic mass is 19.4. The number of rotatable bonds is 6. The molecule has 0 spiro atoms. The SMILES string of the molecule is CCC(=O)NCc1nc2cc(C(=O)O)ccc2n1Cc1cccc(C(F)(F)F)c1. The second kappa shape index (κ2) is 7.94. The van der Waals surface area contributed by atoms with E-state index in [1.165, 1.54) is 18.2 Å². The van der Waals surface area contributed by atoms with Gasteiger partial charge in [0, 0.05) is 13.0 Å². The molecule has 0 unspecified atom stereocenters. The van der Waals surface area contributed by atoms with Crippen molar-refractivity contribution in [2.24, 2.45) is 0 Å². The van der Waals surface area contributed by atoms with Gasteiger partial charge in [-0.05, 0) is 35.9 Å². The van der Waals surface area contributed by atoms with Crippen molar-refractivity contribution in [2.45, 2.75) is 32.6 Å². The molecule has 0 saturated carbocycles. The number of halogens is 3. The number of alkyl halides is 3. The van der Waals surface area contributed by atoms with Gasteiger partial charge in [-0.25, -0.2) is 9.78 Å². The average Bonchev–Trinajstić information content (AvgIpc) is 3.02. The van der Waals surface area contributed by atoms with Gasteiger partial charge >= 0.3 is 12.1 Å². The van der Waals surface area contributed by atoms with Gasteiger partial charge in [-0.1, -0.05) is 19.1 Å². The van der Waals surface area contributed by atoms with E-state index in [1.54, 1.807) is 23.6 Å². The van der Waals surface area contributed by atoms with Gasteiger partial charge in [-0.15, -0.1) is 0 Å². The lowest BCUT2D eigenvalue weighted by molar-refractivity contribution is -0.137. The van der Waals surface area contributed by atoms with Gasteiger partial charge < -0.3 is 15.0 Å². The molecule has 0 radical (unpaired) electrons. The largest absolute Gasteiger partial charge is 0.478 e. The molecule has 0 fully saturated rings. The molecule has 0 saturated heterocycles. The Labute approximate surface area is 164 Å². The van der Waals surface area contributed by atoms with Crippen molar-refractivity contribution in [2.75, 3.05) is 0 Å². The summed E-state index contributed by atoms with van der Waals surface area (Å²) in [5, 5.41) is 11.9. The molecule has 29 heavy (non-hydrogen) atoms. The maximum absolute atomic E-state index is 13.0. The zero-order valence-electron chi connectivity index (χ0n) is 15.5. The number of nitrogens with zero attached hydrogens (tertiary/aromatic N) is 2. The van der Waals surface area contributed by atoms with Crippen molar-refractivity contribution in [3.63, 3.8) is 0 Å². The smallest absolute Gasteiger partial charge is 0.416 e. The second-order valence-electron chi connectivity index (χ2n) is 6.45. The van der Waals surface area contributed by atoms with E-state index < -0.39 is 17.7 Å². The highest BCUT2D eigenvalue weighted by Gasteiger charge is 2.30. The van der Waals surface area contributed by atoms with Crippen molar-refractivity contribution in [3.05, 3.63) is 65.0 Å². The van der Waals surface area contributed by atoms with Gasteiger partial charge in [0.15, 0.2) is 0 Å². The van der Waals surface area contributed by atoms with Crippen LogP contribution in [0.1, 0.15) is 40.7 Å². The van der Waals surface area contributed by atoms with Crippen LogP contribution in [0.15, 0.2) is 42.5 Å². The van der Waals surface area contributed by atoms with E-state index in [0.717, 1.165) is 12.1 Å². The number of aromatic nitrogens is 2. The van der Waals surface area contributed by atoms with Gasteiger partial charge in [0.2, 0.25) is 5.91 Å². The summed E-state index contributed by atoms with van der Waals surface area (Å²) >= 11 is 0. The quantitative estimate of drug-likeness (QED) is 0.653. The first-order valence-electron chi connectivity index (χ1n) is 8.84. The number of imidazole rings is 1. The fourth-order valence-electron chi connectivity index (χ4n) is 2.96. The van der Waals surface area contributed by atoms with Crippen LogP contribution in [0.2, 0.25) is 0 Å². The Morgan fingerprint density at radius 3 is 2.59 bits per heavy atom. The molecular formula is C20H18F3N3O3. The lowest BCUT2D eigenvalue weighted by atomic mass is 10.1. The number of nitrogens with one attached hydrogen (secondary N) is 1. The number of fused-ring (bicyclic) bond motifs is 1. The fraction of sp³-hybridized carbons (Fsp3) is 0.250. The molecule has 0 aliphatic rings. The lowest BCUT2D eigenvalue weighted by Gasteiger charge is -2.12. The number of aromatic carboxylic acids is 1. The fourth-order valence-corrected chi connectivity index (χ4v) is 2.96. The summed E-state index contributed by atoms with van der Waals surface area (Å²) in [6.07, 6.45) is -4.18. The molecule has 1 amide bonds. The zero-order chi connectivity index (χ0) is 21.2. The maximum atomic E-state index is 13.0. The number of hydrogen-bond donors (Lipinski definition) is 2. The number of carboxylic acid groups (broad SMARTS) is 1. The number of carbonyl (C=O) groups is 2. The maximum Gasteiger partial charge on any atom is 0.416 e. The summed E-state index contributed by atoms with van der Waals surface area (Å²) in [7, 11) is 0. The monoisotopic (exact) mass is 405 g/mol. The van der Waals surface area contributed by atoms with Crippen molar-refractivity contribution in [1.82, 2.24) is 14.9 Å². The third kappa shape index (κ3) is 4.56. The Morgan fingerprint density at radius 1 is 1.17 bits per heavy atom. The van der Waals surface area contributed by atoms with Crippen molar-refractivity contribution >= 4 is 22.9 Å². The van der Waals surface area contributed by atoms with Gasteiger partial charge in [0.25, 0.3) is 0 Å². The predicted octanol–water partition coefficient (Wildman–Crippen LogP) is 3.83. The van der Waals surface area contributed by atoms with E-state index >= 15 is 0 Å². The molecule has 1 aromatic heterocycles. The Bertz CT molecular complexity index is 1070. The molecular weight excluding hydrogens is 387 g/mol. The molecule has 6 nitrogen and oxygen atoms in total. The van der Waals surface area contributed by atoms with Crippen LogP contribution in [-0.2, 0) is 24.1 Å². The molecule has 152 valence electrons. The Morgan fingerprint density at radius 2 is 1.93 bits per heavy atom. The highest BCUT2D eigenvalue weighted by molar-refractivity contribution is 5.92. The molecule has 2 aromatic carbocycles. The van der Waals surface area contributed by atoms with Crippen LogP contribution >= 0.6 is 0 Å². The molecule has 3 aromatic rings. The highest BCUT2D eigenvalue weighted by Crippen LogP contribution is 2.30. The summed E-state index contributed by atoms with van der Waals surface area (Å²) in [5.41, 5.74) is 0.647. The topological polar surface area (TPSA) is 84.2 Å². The number of benzene rings is 2.